The lowest BCUT2D eigenvalue weighted by atomic mass is 10.2. The summed E-state index contributed by atoms with van der Waals surface area (Å²) in [6.07, 6.45) is -4.60. The molecule has 0 saturated heterocycles. The fourth-order valence-electron chi connectivity index (χ4n) is 1.07. The van der Waals surface area contributed by atoms with Crippen molar-refractivity contribution in [2.45, 2.75) is 37.4 Å². The van der Waals surface area contributed by atoms with Gasteiger partial charge in [0.15, 0.2) is 0 Å². The fourth-order valence-corrected chi connectivity index (χ4v) is 2.06. The van der Waals surface area contributed by atoms with Crippen molar-refractivity contribution in [1.29, 1.82) is 0 Å². The van der Waals surface area contributed by atoms with Crippen molar-refractivity contribution in [3.63, 3.8) is 0 Å². The van der Waals surface area contributed by atoms with Crippen LogP contribution in [0.1, 0.15) is 26.3 Å². The SMILES string of the molecule is CC(C)(C)ONS(=O)(=O)c1cccc(C(F)(F)F)c1. The van der Waals surface area contributed by atoms with Gasteiger partial charge in [0.05, 0.1) is 16.1 Å². The van der Waals surface area contributed by atoms with E-state index in [-0.39, 0.29) is 0 Å². The molecule has 0 unspecified atom stereocenters. The van der Waals surface area contributed by atoms with E-state index >= 15 is 0 Å². The van der Waals surface area contributed by atoms with Crippen LogP contribution >= 0.6 is 0 Å². The topological polar surface area (TPSA) is 55.4 Å². The van der Waals surface area contributed by atoms with Crippen molar-refractivity contribution < 1.29 is 26.4 Å². The van der Waals surface area contributed by atoms with Crippen LogP contribution in [0.25, 0.3) is 0 Å². The van der Waals surface area contributed by atoms with Crippen molar-refractivity contribution in [1.82, 2.24) is 4.89 Å². The summed E-state index contributed by atoms with van der Waals surface area (Å²) in [5.41, 5.74) is -1.83. The molecule has 0 radical (unpaired) electrons. The third kappa shape index (κ3) is 4.81. The minimum Gasteiger partial charge on any atom is -0.281 e. The summed E-state index contributed by atoms with van der Waals surface area (Å²) >= 11 is 0. The molecule has 1 aromatic rings. The third-order valence-corrected chi connectivity index (χ3v) is 3.11. The van der Waals surface area contributed by atoms with Gasteiger partial charge in [0.1, 0.15) is 0 Å². The van der Waals surface area contributed by atoms with Gasteiger partial charge in [0.2, 0.25) is 0 Å². The van der Waals surface area contributed by atoms with Crippen LogP contribution in [0, 0.1) is 0 Å². The van der Waals surface area contributed by atoms with E-state index in [1.165, 1.54) is 0 Å². The van der Waals surface area contributed by atoms with Gasteiger partial charge < -0.3 is 0 Å². The van der Waals surface area contributed by atoms with Gasteiger partial charge >= 0.3 is 6.18 Å². The number of hydrogen-bond donors (Lipinski definition) is 1. The van der Waals surface area contributed by atoms with E-state index < -0.39 is 32.3 Å². The zero-order valence-electron chi connectivity index (χ0n) is 10.6. The third-order valence-electron chi connectivity index (χ3n) is 1.93. The summed E-state index contributed by atoms with van der Waals surface area (Å²) in [5, 5.41) is 0. The van der Waals surface area contributed by atoms with Crippen LogP contribution in [-0.4, -0.2) is 14.0 Å². The quantitative estimate of drug-likeness (QED) is 0.873. The van der Waals surface area contributed by atoms with E-state index in [1.54, 1.807) is 25.7 Å². The molecule has 0 aliphatic heterocycles. The molecule has 0 bridgehead atoms. The minimum absolute atomic E-state index is 0.508. The Labute approximate surface area is 109 Å². The maximum absolute atomic E-state index is 12.5. The summed E-state index contributed by atoms with van der Waals surface area (Å²) in [6.45, 7) is 4.80. The predicted molar refractivity (Wildman–Crippen MR) is 62.6 cm³/mol. The van der Waals surface area contributed by atoms with Gasteiger partial charge in [-0.05, 0) is 39.0 Å². The van der Waals surface area contributed by atoms with Crippen LogP contribution in [0.4, 0.5) is 13.2 Å². The van der Waals surface area contributed by atoms with E-state index in [0.717, 1.165) is 18.2 Å². The van der Waals surface area contributed by atoms with Crippen LogP contribution in [-0.2, 0) is 21.0 Å². The first-order valence-corrected chi connectivity index (χ1v) is 6.77. The minimum atomic E-state index is -4.60. The lowest BCUT2D eigenvalue weighted by molar-refractivity contribution is -0.137. The molecule has 19 heavy (non-hydrogen) atoms. The average molecular weight is 297 g/mol. The van der Waals surface area contributed by atoms with Crippen molar-refractivity contribution in [2.75, 3.05) is 0 Å². The van der Waals surface area contributed by atoms with Crippen molar-refractivity contribution in [3.05, 3.63) is 29.8 Å². The number of alkyl halides is 3. The normalized spacial score (nSPS) is 13.6. The number of benzene rings is 1. The van der Waals surface area contributed by atoms with Gasteiger partial charge in [0.25, 0.3) is 10.0 Å². The maximum Gasteiger partial charge on any atom is 0.416 e. The van der Waals surface area contributed by atoms with E-state index in [1.807, 2.05) is 0 Å². The molecule has 1 aromatic carbocycles. The molecule has 0 aromatic heterocycles. The van der Waals surface area contributed by atoms with Crippen LogP contribution in [0.15, 0.2) is 29.2 Å². The molecule has 0 aliphatic carbocycles. The molecule has 0 heterocycles. The Hall–Kier alpha value is -1.12. The number of sulfonamides is 1. The number of halogens is 3. The molecule has 1 rings (SSSR count). The maximum atomic E-state index is 12.5. The molecule has 0 amide bonds. The second kappa shape index (κ2) is 5.10. The van der Waals surface area contributed by atoms with Gasteiger partial charge in [-0.1, -0.05) is 11.0 Å². The zero-order valence-corrected chi connectivity index (χ0v) is 11.4. The summed E-state index contributed by atoms with van der Waals surface area (Å²) < 4.78 is 61.0. The van der Waals surface area contributed by atoms with Gasteiger partial charge in [-0.15, -0.1) is 0 Å². The highest BCUT2D eigenvalue weighted by molar-refractivity contribution is 7.89. The molecular formula is C11H14F3NO3S. The van der Waals surface area contributed by atoms with Crippen molar-refractivity contribution in [2.24, 2.45) is 0 Å². The summed E-state index contributed by atoms with van der Waals surface area (Å²) in [6, 6.07) is 3.43. The second-order valence-electron chi connectivity index (χ2n) is 4.83. The Morgan fingerprint density at radius 2 is 1.74 bits per heavy atom. The van der Waals surface area contributed by atoms with Crippen LogP contribution < -0.4 is 4.89 Å². The van der Waals surface area contributed by atoms with Crippen molar-refractivity contribution >= 4 is 10.0 Å². The van der Waals surface area contributed by atoms with Crippen LogP contribution in [0.3, 0.4) is 0 Å². The first-order valence-electron chi connectivity index (χ1n) is 5.29. The Morgan fingerprint density at radius 1 is 1.16 bits per heavy atom. The molecule has 0 atom stereocenters. The van der Waals surface area contributed by atoms with Gasteiger partial charge in [-0.2, -0.15) is 13.2 Å². The predicted octanol–water partition coefficient (Wildman–Crippen LogP) is 2.71. The molecule has 8 heteroatoms. The summed E-state index contributed by atoms with van der Waals surface area (Å²) in [4.78, 5) is 6.15. The second-order valence-corrected chi connectivity index (χ2v) is 6.47. The lowest BCUT2D eigenvalue weighted by Gasteiger charge is -2.19. The van der Waals surface area contributed by atoms with Gasteiger partial charge in [-0.25, -0.2) is 8.42 Å². The highest BCUT2D eigenvalue weighted by atomic mass is 32.2. The first-order chi connectivity index (χ1) is 8.42. The Balaban J connectivity index is 3.03. The van der Waals surface area contributed by atoms with Crippen molar-refractivity contribution in [3.8, 4) is 0 Å². The Morgan fingerprint density at radius 3 is 2.21 bits per heavy atom. The number of nitrogens with one attached hydrogen (secondary N) is 1. The fraction of sp³-hybridized carbons (Fsp3) is 0.455. The average Bonchev–Trinajstić information content (AvgIpc) is 2.25. The van der Waals surface area contributed by atoms with E-state index in [2.05, 4.69) is 0 Å². The molecule has 0 spiro atoms. The largest absolute Gasteiger partial charge is 0.416 e. The lowest BCUT2D eigenvalue weighted by Crippen LogP contribution is -2.33. The standard InChI is InChI=1S/C11H14F3NO3S/c1-10(2,3)18-15-19(16,17)9-6-4-5-8(7-9)11(12,13)14/h4-7,15H,1-3H3. The highest BCUT2D eigenvalue weighted by Crippen LogP contribution is 2.30. The Bertz CT molecular complexity index is 547. The van der Waals surface area contributed by atoms with Crippen LogP contribution in [0.2, 0.25) is 0 Å². The number of rotatable bonds is 3. The van der Waals surface area contributed by atoms with Gasteiger partial charge in [0, 0.05) is 0 Å². The summed E-state index contributed by atoms with van der Waals surface area (Å²) in [7, 11) is -4.15. The molecular weight excluding hydrogens is 283 g/mol. The van der Waals surface area contributed by atoms with Gasteiger partial charge in [-0.3, -0.25) is 4.84 Å². The zero-order chi connectivity index (χ0) is 14.9. The summed E-state index contributed by atoms with van der Waals surface area (Å²) in [5.74, 6) is 0. The highest BCUT2D eigenvalue weighted by Gasteiger charge is 2.31. The first kappa shape index (κ1) is 15.9. The molecule has 1 N–H and O–H groups in total. The Kier molecular flexibility index (Phi) is 4.28. The number of hydrogen-bond acceptors (Lipinski definition) is 3. The molecule has 0 fully saturated rings. The molecule has 0 aliphatic rings. The smallest absolute Gasteiger partial charge is 0.281 e. The van der Waals surface area contributed by atoms with Crippen LogP contribution in [0.5, 0.6) is 0 Å². The van der Waals surface area contributed by atoms with E-state index in [0.29, 0.717) is 6.07 Å². The van der Waals surface area contributed by atoms with E-state index in [4.69, 9.17) is 4.84 Å². The van der Waals surface area contributed by atoms with E-state index in [9.17, 15) is 21.6 Å². The molecule has 0 saturated carbocycles. The monoisotopic (exact) mass is 297 g/mol. The molecule has 4 nitrogen and oxygen atoms in total. The molecule has 108 valence electrons.